The van der Waals surface area contributed by atoms with Crippen molar-refractivity contribution in [1.82, 2.24) is 14.9 Å². The van der Waals surface area contributed by atoms with Gasteiger partial charge in [-0.2, -0.15) is 4.98 Å². The van der Waals surface area contributed by atoms with E-state index in [1.54, 1.807) is 24.3 Å². The van der Waals surface area contributed by atoms with Crippen LogP contribution in [0.4, 0.5) is 5.95 Å². The van der Waals surface area contributed by atoms with Gasteiger partial charge in [0.2, 0.25) is 11.8 Å². The van der Waals surface area contributed by atoms with Gasteiger partial charge in [0.1, 0.15) is 0 Å². The summed E-state index contributed by atoms with van der Waals surface area (Å²) in [5.41, 5.74) is 0. The van der Waals surface area contributed by atoms with Gasteiger partial charge >= 0.3 is 0 Å². The van der Waals surface area contributed by atoms with Crippen molar-refractivity contribution in [2.45, 2.75) is 6.10 Å². The first kappa shape index (κ1) is 15.0. The minimum Gasteiger partial charge on any atom is -0.481 e. The van der Waals surface area contributed by atoms with Gasteiger partial charge in [0.25, 0.3) is 5.91 Å². The van der Waals surface area contributed by atoms with E-state index in [2.05, 4.69) is 9.97 Å². The van der Waals surface area contributed by atoms with Crippen LogP contribution in [0, 0.1) is 0 Å². The molecule has 120 valence electrons. The number of nitrogens with zero attached hydrogens (tertiary/aromatic N) is 4. The van der Waals surface area contributed by atoms with Crippen molar-refractivity contribution in [3.05, 3.63) is 12.3 Å². The largest absolute Gasteiger partial charge is 0.481 e. The molecular weight excluding hydrogens is 288 g/mol. The standard InChI is InChI=1S/C14H20N4O4/c1-20-12-2-3-15-14(16-12)18-6-9-22-11(10-18)13(19)17-4-7-21-8-5-17/h2-3,11H,4-10H2,1H3. The summed E-state index contributed by atoms with van der Waals surface area (Å²) in [6, 6.07) is 1.69. The Morgan fingerprint density at radius 1 is 1.32 bits per heavy atom. The summed E-state index contributed by atoms with van der Waals surface area (Å²) in [6.45, 7) is 3.98. The predicted molar refractivity (Wildman–Crippen MR) is 77.9 cm³/mol. The van der Waals surface area contributed by atoms with Gasteiger partial charge in [-0.25, -0.2) is 4.98 Å². The molecule has 1 unspecified atom stereocenters. The Morgan fingerprint density at radius 2 is 2.14 bits per heavy atom. The van der Waals surface area contributed by atoms with Crippen LogP contribution >= 0.6 is 0 Å². The summed E-state index contributed by atoms with van der Waals surface area (Å²) >= 11 is 0. The number of hydrogen-bond acceptors (Lipinski definition) is 7. The molecule has 0 spiro atoms. The molecule has 3 heterocycles. The van der Waals surface area contributed by atoms with Crippen LogP contribution in [0.3, 0.4) is 0 Å². The van der Waals surface area contributed by atoms with Crippen molar-refractivity contribution in [1.29, 1.82) is 0 Å². The number of rotatable bonds is 3. The maximum absolute atomic E-state index is 12.5. The van der Waals surface area contributed by atoms with E-state index in [9.17, 15) is 4.79 Å². The summed E-state index contributed by atoms with van der Waals surface area (Å²) in [7, 11) is 1.57. The molecule has 2 fully saturated rings. The molecule has 1 aromatic heterocycles. The summed E-state index contributed by atoms with van der Waals surface area (Å²) in [5, 5.41) is 0. The van der Waals surface area contributed by atoms with Crippen LogP contribution < -0.4 is 9.64 Å². The minimum atomic E-state index is -0.485. The van der Waals surface area contributed by atoms with Crippen LogP contribution in [-0.2, 0) is 14.3 Å². The first-order chi connectivity index (χ1) is 10.8. The normalized spacial score (nSPS) is 22.5. The van der Waals surface area contributed by atoms with E-state index in [1.807, 2.05) is 4.90 Å². The van der Waals surface area contributed by atoms with Crippen LogP contribution in [0.5, 0.6) is 5.88 Å². The fourth-order valence-electron chi connectivity index (χ4n) is 2.57. The number of aromatic nitrogens is 2. The zero-order chi connectivity index (χ0) is 15.4. The molecule has 0 aliphatic carbocycles. The van der Waals surface area contributed by atoms with Crippen LogP contribution in [0.15, 0.2) is 12.3 Å². The van der Waals surface area contributed by atoms with Crippen LogP contribution in [0.1, 0.15) is 0 Å². The lowest BCUT2D eigenvalue weighted by Gasteiger charge is -2.36. The van der Waals surface area contributed by atoms with Crippen molar-refractivity contribution in [3.63, 3.8) is 0 Å². The Labute approximate surface area is 129 Å². The van der Waals surface area contributed by atoms with E-state index in [1.165, 1.54) is 0 Å². The molecule has 2 aliphatic heterocycles. The Kier molecular flexibility index (Phi) is 4.69. The summed E-state index contributed by atoms with van der Waals surface area (Å²) in [5.74, 6) is 1.07. The molecule has 2 aliphatic rings. The van der Waals surface area contributed by atoms with Crippen molar-refractivity contribution in [2.75, 3.05) is 58.0 Å². The molecule has 0 radical (unpaired) electrons. The van der Waals surface area contributed by atoms with Gasteiger partial charge < -0.3 is 24.0 Å². The number of methoxy groups -OCH3 is 1. The minimum absolute atomic E-state index is 0.0101. The molecule has 1 aromatic rings. The van der Waals surface area contributed by atoms with Crippen LogP contribution in [0.25, 0.3) is 0 Å². The number of amides is 1. The average molecular weight is 308 g/mol. The quantitative estimate of drug-likeness (QED) is 0.748. The number of anilines is 1. The molecule has 8 nitrogen and oxygen atoms in total. The third kappa shape index (κ3) is 3.28. The van der Waals surface area contributed by atoms with Crippen LogP contribution in [0.2, 0.25) is 0 Å². The first-order valence-corrected chi connectivity index (χ1v) is 7.38. The maximum atomic E-state index is 12.5. The molecule has 0 bridgehead atoms. The Morgan fingerprint density at radius 3 is 2.91 bits per heavy atom. The van der Waals surface area contributed by atoms with Crippen molar-refractivity contribution < 1.29 is 19.0 Å². The number of carbonyl (C=O) groups is 1. The molecule has 1 amide bonds. The van der Waals surface area contributed by atoms with Gasteiger partial charge in [-0.1, -0.05) is 0 Å². The number of carbonyl (C=O) groups excluding carboxylic acids is 1. The predicted octanol–water partition coefficient (Wildman–Crippen LogP) is -0.451. The van der Waals surface area contributed by atoms with E-state index in [0.29, 0.717) is 57.8 Å². The third-order valence-corrected chi connectivity index (χ3v) is 3.77. The summed E-state index contributed by atoms with van der Waals surface area (Å²) < 4.78 is 16.0. The van der Waals surface area contributed by atoms with E-state index >= 15 is 0 Å². The van der Waals surface area contributed by atoms with Gasteiger partial charge in [-0.15, -0.1) is 0 Å². The van der Waals surface area contributed by atoms with Gasteiger partial charge in [-0.05, 0) is 0 Å². The molecule has 0 saturated carbocycles. The highest BCUT2D eigenvalue weighted by atomic mass is 16.5. The fourth-order valence-corrected chi connectivity index (χ4v) is 2.57. The SMILES string of the molecule is COc1ccnc(N2CCOC(C(=O)N3CCOCC3)C2)n1. The molecule has 8 heteroatoms. The second-order valence-corrected chi connectivity index (χ2v) is 5.14. The second-order valence-electron chi connectivity index (χ2n) is 5.14. The zero-order valence-electron chi connectivity index (χ0n) is 12.6. The van der Waals surface area contributed by atoms with Gasteiger partial charge in [0.15, 0.2) is 6.10 Å². The Balaban J connectivity index is 1.66. The van der Waals surface area contributed by atoms with Gasteiger partial charge in [0.05, 0.1) is 33.5 Å². The molecule has 22 heavy (non-hydrogen) atoms. The van der Waals surface area contributed by atoms with Crippen molar-refractivity contribution >= 4 is 11.9 Å². The summed E-state index contributed by atoms with van der Waals surface area (Å²) in [4.78, 5) is 24.8. The van der Waals surface area contributed by atoms with E-state index < -0.39 is 6.10 Å². The molecule has 3 rings (SSSR count). The molecule has 0 aromatic carbocycles. The fraction of sp³-hybridized carbons (Fsp3) is 0.643. The monoisotopic (exact) mass is 308 g/mol. The highest BCUT2D eigenvalue weighted by molar-refractivity contribution is 5.82. The van der Waals surface area contributed by atoms with Crippen molar-refractivity contribution in [2.24, 2.45) is 0 Å². The lowest BCUT2D eigenvalue weighted by Crippen LogP contribution is -2.53. The van der Waals surface area contributed by atoms with Gasteiger partial charge in [-0.3, -0.25) is 4.79 Å². The number of hydrogen-bond donors (Lipinski definition) is 0. The lowest BCUT2D eigenvalue weighted by molar-refractivity contribution is -0.148. The Bertz CT molecular complexity index is 521. The molecular formula is C14H20N4O4. The third-order valence-electron chi connectivity index (χ3n) is 3.77. The first-order valence-electron chi connectivity index (χ1n) is 7.38. The molecule has 1 atom stereocenters. The number of ether oxygens (including phenoxy) is 3. The number of morpholine rings is 2. The highest BCUT2D eigenvalue weighted by Crippen LogP contribution is 2.17. The average Bonchev–Trinajstić information content (AvgIpc) is 2.62. The lowest BCUT2D eigenvalue weighted by atomic mass is 10.2. The maximum Gasteiger partial charge on any atom is 0.253 e. The smallest absolute Gasteiger partial charge is 0.253 e. The van der Waals surface area contributed by atoms with Crippen LogP contribution in [-0.4, -0.2) is 80.0 Å². The van der Waals surface area contributed by atoms with Crippen molar-refractivity contribution in [3.8, 4) is 5.88 Å². The second kappa shape index (κ2) is 6.89. The van der Waals surface area contributed by atoms with E-state index in [-0.39, 0.29) is 5.91 Å². The van der Waals surface area contributed by atoms with E-state index in [0.717, 1.165) is 0 Å². The molecule has 2 saturated heterocycles. The Hall–Kier alpha value is -1.93. The van der Waals surface area contributed by atoms with E-state index in [4.69, 9.17) is 14.2 Å². The highest BCUT2D eigenvalue weighted by Gasteiger charge is 2.32. The zero-order valence-corrected chi connectivity index (χ0v) is 12.6. The molecule has 0 N–H and O–H groups in total. The topological polar surface area (TPSA) is 77.0 Å². The summed E-state index contributed by atoms with van der Waals surface area (Å²) in [6.07, 6.45) is 1.16. The van der Waals surface area contributed by atoms with Gasteiger partial charge in [0, 0.05) is 31.9 Å².